The first-order valence-electron chi connectivity index (χ1n) is 6.87. The van der Waals surface area contributed by atoms with Gasteiger partial charge in [-0.25, -0.2) is 0 Å². The minimum atomic E-state index is -0.316. The van der Waals surface area contributed by atoms with Gasteiger partial charge in [0.25, 0.3) is 5.91 Å². The van der Waals surface area contributed by atoms with E-state index in [2.05, 4.69) is 20.8 Å². The molecular weight excluding hydrogens is 316 g/mol. The number of furan rings is 1. The highest BCUT2D eigenvalue weighted by molar-refractivity contribution is 6.30. The summed E-state index contributed by atoms with van der Waals surface area (Å²) in [5.41, 5.74) is 1.02. The number of rotatable bonds is 5. The number of nitrogens with one attached hydrogen (secondary N) is 2. The molecule has 2 N–H and O–H groups in total. The maximum atomic E-state index is 12.0. The first-order chi connectivity index (χ1) is 11.2. The fourth-order valence-electron chi connectivity index (χ4n) is 1.91. The van der Waals surface area contributed by atoms with Gasteiger partial charge in [0.15, 0.2) is 11.5 Å². The van der Waals surface area contributed by atoms with Crippen molar-refractivity contribution in [2.75, 3.05) is 5.32 Å². The normalized spacial score (nSPS) is 10.3. The van der Waals surface area contributed by atoms with Gasteiger partial charge < -0.3 is 15.1 Å². The Morgan fingerprint density at radius 2 is 2.04 bits per heavy atom. The van der Waals surface area contributed by atoms with E-state index in [1.54, 1.807) is 42.7 Å². The largest absolute Gasteiger partial charge is 0.467 e. The van der Waals surface area contributed by atoms with Crippen molar-refractivity contribution in [1.82, 2.24) is 15.5 Å². The minimum absolute atomic E-state index is 0.230. The smallest absolute Gasteiger partial charge is 0.272 e. The number of amides is 1. The second kappa shape index (κ2) is 6.93. The van der Waals surface area contributed by atoms with Crippen molar-refractivity contribution < 1.29 is 9.21 Å². The van der Waals surface area contributed by atoms with E-state index in [1.165, 1.54) is 0 Å². The fourth-order valence-corrected chi connectivity index (χ4v) is 2.10. The quantitative estimate of drug-likeness (QED) is 0.750. The Morgan fingerprint density at radius 1 is 1.13 bits per heavy atom. The van der Waals surface area contributed by atoms with E-state index in [0.29, 0.717) is 23.1 Å². The third-order valence-electron chi connectivity index (χ3n) is 3.00. The zero-order valence-corrected chi connectivity index (χ0v) is 12.7. The third-order valence-corrected chi connectivity index (χ3v) is 3.23. The van der Waals surface area contributed by atoms with Crippen LogP contribution in [0.25, 0.3) is 0 Å². The van der Waals surface area contributed by atoms with E-state index in [4.69, 9.17) is 16.0 Å². The SMILES string of the molecule is O=C(NCc1ccco1)c1ccc(Nc2cccc(Cl)c2)nn1. The summed E-state index contributed by atoms with van der Waals surface area (Å²) in [4.78, 5) is 12.0. The van der Waals surface area contributed by atoms with E-state index in [9.17, 15) is 4.79 Å². The molecule has 0 saturated carbocycles. The molecule has 0 aliphatic rings. The number of aromatic nitrogens is 2. The first-order valence-corrected chi connectivity index (χ1v) is 7.25. The molecule has 0 saturated heterocycles. The van der Waals surface area contributed by atoms with Crippen LogP contribution in [-0.2, 0) is 6.54 Å². The number of carbonyl (C=O) groups excluding carboxylic acids is 1. The highest BCUT2D eigenvalue weighted by atomic mass is 35.5. The third kappa shape index (κ3) is 4.08. The van der Waals surface area contributed by atoms with Crippen LogP contribution in [0, 0.1) is 0 Å². The number of benzene rings is 1. The van der Waals surface area contributed by atoms with Crippen LogP contribution in [0.15, 0.2) is 59.2 Å². The van der Waals surface area contributed by atoms with Crippen LogP contribution >= 0.6 is 11.6 Å². The van der Waals surface area contributed by atoms with Crippen LogP contribution in [0.2, 0.25) is 5.02 Å². The molecule has 7 heteroatoms. The standard InChI is InChI=1S/C16H13ClN4O2/c17-11-3-1-4-12(9-11)19-15-7-6-14(20-21-15)16(22)18-10-13-5-2-8-23-13/h1-9H,10H2,(H,18,22)(H,19,21). The zero-order chi connectivity index (χ0) is 16.1. The Hall–Kier alpha value is -2.86. The molecule has 116 valence electrons. The molecule has 0 unspecified atom stereocenters. The Bertz CT molecular complexity index is 788. The van der Waals surface area contributed by atoms with Crippen LogP contribution < -0.4 is 10.6 Å². The summed E-state index contributed by atoms with van der Waals surface area (Å²) in [5, 5.41) is 14.3. The second-order valence-corrected chi connectivity index (χ2v) is 5.14. The predicted molar refractivity (Wildman–Crippen MR) is 86.6 cm³/mol. The van der Waals surface area contributed by atoms with Crippen LogP contribution in [0.5, 0.6) is 0 Å². The number of hydrogen-bond donors (Lipinski definition) is 2. The average Bonchev–Trinajstić information content (AvgIpc) is 3.07. The molecule has 1 amide bonds. The van der Waals surface area contributed by atoms with Crippen molar-refractivity contribution >= 4 is 29.0 Å². The summed E-state index contributed by atoms with van der Waals surface area (Å²) in [7, 11) is 0. The zero-order valence-electron chi connectivity index (χ0n) is 12.0. The molecule has 3 aromatic rings. The van der Waals surface area contributed by atoms with Crippen molar-refractivity contribution in [3.05, 3.63) is 71.3 Å². The van der Waals surface area contributed by atoms with Gasteiger partial charge in [0.1, 0.15) is 5.76 Å². The summed E-state index contributed by atoms with van der Waals surface area (Å²) in [6, 6.07) is 14.1. The van der Waals surface area contributed by atoms with Gasteiger partial charge in [0.05, 0.1) is 12.8 Å². The number of halogens is 1. The van der Waals surface area contributed by atoms with Crippen molar-refractivity contribution in [1.29, 1.82) is 0 Å². The molecule has 0 bridgehead atoms. The van der Waals surface area contributed by atoms with Crippen molar-refractivity contribution in [2.45, 2.75) is 6.54 Å². The lowest BCUT2D eigenvalue weighted by Gasteiger charge is -2.06. The van der Waals surface area contributed by atoms with Gasteiger partial charge in [-0.2, -0.15) is 0 Å². The summed E-state index contributed by atoms with van der Waals surface area (Å²) in [6.45, 7) is 0.302. The molecule has 0 fully saturated rings. The second-order valence-electron chi connectivity index (χ2n) is 4.70. The molecule has 23 heavy (non-hydrogen) atoms. The topological polar surface area (TPSA) is 80.0 Å². The molecule has 2 aromatic heterocycles. The summed E-state index contributed by atoms with van der Waals surface area (Å²) >= 11 is 5.92. The molecular formula is C16H13ClN4O2. The van der Waals surface area contributed by atoms with E-state index < -0.39 is 0 Å². The summed E-state index contributed by atoms with van der Waals surface area (Å²) in [6.07, 6.45) is 1.55. The summed E-state index contributed by atoms with van der Waals surface area (Å²) < 4.78 is 5.14. The van der Waals surface area contributed by atoms with Gasteiger partial charge in [-0.3, -0.25) is 4.79 Å². The van der Waals surface area contributed by atoms with Crippen LogP contribution in [-0.4, -0.2) is 16.1 Å². The minimum Gasteiger partial charge on any atom is -0.467 e. The number of anilines is 2. The van der Waals surface area contributed by atoms with Gasteiger partial charge in [-0.1, -0.05) is 17.7 Å². The van der Waals surface area contributed by atoms with E-state index >= 15 is 0 Å². The Labute approximate surface area is 137 Å². The highest BCUT2D eigenvalue weighted by Gasteiger charge is 2.09. The summed E-state index contributed by atoms with van der Waals surface area (Å²) in [5.74, 6) is 0.878. The molecule has 0 radical (unpaired) electrons. The van der Waals surface area contributed by atoms with Gasteiger partial charge >= 0.3 is 0 Å². The van der Waals surface area contributed by atoms with Crippen LogP contribution in [0.3, 0.4) is 0 Å². The first kappa shape index (κ1) is 15.1. The van der Waals surface area contributed by atoms with E-state index in [-0.39, 0.29) is 11.6 Å². The molecule has 6 nitrogen and oxygen atoms in total. The average molecular weight is 329 g/mol. The maximum Gasteiger partial charge on any atom is 0.272 e. The molecule has 0 spiro atoms. The van der Waals surface area contributed by atoms with Gasteiger partial charge in [0.2, 0.25) is 0 Å². The lowest BCUT2D eigenvalue weighted by molar-refractivity contribution is 0.0942. The van der Waals surface area contributed by atoms with Crippen LogP contribution in [0.1, 0.15) is 16.2 Å². The Morgan fingerprint density at radius 3 is 2.74 bits per heavy atom. The lowest BCUT2D eigenvalue weighted by atomic mass is 10.3. The van der Waals surface area contributed by atoms with Gasteiger partial charge in [-0.05, 0) is 42.5 Å². The molecule has 3 rings (SSSR count). The van der Waals surface area contributed by atoms with Crippen LogP contribution in [0.4, 0.5) is 11.5 Å². The van der Waals surface area contributed by atoms with Gasteiger partial charge in [0, 0.05) is 10.7 Å². The van der Waals surface area contributed by atoms with Crippen molar-refractivity contribution in [3.63, 3.8) is 0 Å². The Kier molecular flexibility index (Phi) is 4.54. The maximum absolute atomic E-state index is 12.0. The molecule has 1 aromatic carbocycles. The molecule has 0 aliphatic heterocycles. The highest BCUT2D eigenvalue weighted by Crippen LogP contribution is 2.18. The molecule has 2 heterocycles. The Balaban J connectivity index is 1.61. The number of hydrogen-bond acceptors (Lipinski definition) is 5. The predicted octanol–water partition coefficient (Wildman–Crippen LogP) is 3.40. The molecule has 0 atom stereocenters. The fraction of sp³-hybridized carbons (Fsp3) is 0.0625. The van der Waals surface area contributed by atoms with E-state index in [0.717, 1.165) is 5.69 Å². The molecule has 0 aliphatic carbocycles. The van der Waals surface area contributed by atoms with Gasteiger partial charge in [-0.15, -0.1) is 10.2 Å². The van der Waals surface area contributed by atoms with Crippen molar-refractivity contribution in [3.8, 4) is 0 Å². The number of carbonyl (C=O) groups is 1. The lowest BCUT2D eigenvalue weighted by Crippen LogP contribution is -2.23. The monoisotopic (exact) mass is 328 g/mol. The van der Waals surface area contributed by atoms with Crippen molar-refractivity contribution in [2.24, 2.45) is 0 Å². The van der Waals surface area contributed by atoms with E-state index in [1.807, 2.05) is 12.1 Å². The number of nitrogens with zero attached hydrogens (tertiary/aromatic N) is 2.